The predicted molar refractivity (Wildman–Crippen MR) is 67.1 cm³/mol. The van der Waals surface area contributed by atoms with Crippen LogP contribution < -0.4 is 11.1 Å². The molecule has 0 saturated heterocycles. The van der Waals surface area contributed by atoms with Crippen LogP contribution in [0.3, 0.4) is 0 Å². The Morgan fingerprint density at radius 1 is 1.38 bits per heavy atom. The van der Waals surface area contributed by atoms with Crippen LogP contribution in [0.5, 0.6) is 0 Å². The van der Waals surface area contributed by atoms with E-state index >= 15 is 0 Å². The van der Waals surface area contributed by atoms with Gasteiger partial charge in [0.2, 0.25) is 5.91 Å². The summed E-state index contributed by atoms with van der Waals surface area (Å²) in [6.07, 6.45) is 7.48. The van der Waals surface area contributed by atoms with Gasteiger partial charge in [0.25, 0.3) is 0 Å². The van der Waals surface area contributed by atoms with Gasteiger partial charge in [0.1, 0.15) is 0 Å². The lowest BCUT2D eigenvalue weighted by molar-refractivity contribution is -0.126. The normalized spacial score (nSPS) is 20.5. The number of nitrogens with two attached hydrogens (primary N) is 1. The first-order valence-corrected chi connectivity index (χ1v) is 6.55. The number of hydrogen-bond acceptors (Lipinski definition) is 2. The van der Waals surface area contributed by atoms with E-state index in [2.05, 4.69) is 12.2 Å². The third kappa shape index (κ3) is 3.78. The average Bonchev–Trinajstić information content (AvgIpc) is 2.25. The molecule has 0 bridgehead atoms. The molecule has 1 amide bonds. The molecule has 1 saturated carbocycles. The molecule has 0 aliphatic heterocycles. The van der Waals surface area contributed by atoms with E-state index in [1.165, 1.54) is 32.1 Å². The van der Waals surface area contributed by atoms with E-state index in [9.17, 15) is 4.79 Å². The van der Waals surface area contributed by atoms with Gasteiger partial charge < -0.3 is 11.1 Å². The summed E-state index contributed by atoms with van der Waals surface area (Å²) in [5.74, 6) is 0.634. The SMILES string of the molecule is CCC(NC(=O)C(C)(C)N)C1CCCCC1. The Balaban J connectivity index is 2.50. The van der Waals surface area contributed by atoms with Crippen molar-refractivity contribution in [1.82, 2.24) is 5.32 Å². The van der Waals surface area contributed by atoms with Crippen molar-refractivity contribution in [2.75, 3.05) is 0 Å². The van der Waals surface area contributed by atoms with Crippen LogP contribution in [0.15, 0.2) is 0 Å². The van der Waals surface area contributed by atoms with Crippen LogP contribution in [0.2, 0.25) is 0 Å². The molecule has 94 valence electrons. The van der Waals surface area contributed by atoms with Gasteiger partial charge in [-0.05, 0) is 39.0 Å². The highest BCUT2D eigenvalue weighted by Gasteiger charge is 2.28. The summed E-state index contributed by atoms with van der Waals surface area (Å²) in [6, 6.07) is 0.315. The van der Waals surface area contributed by atoms with Gasteiger partial charge in [-0.3, -0.25) is 4.79 Å². The van der Waals surface area contributed by atoms with E-state index in [1.54, 1.807) is 13.8 Å². The standard InChI is InChI=1S/C13H26N2O/c1-4-11(10-8-6-5-7-9-10)15-12(16)13(2,3)14/h10-11H,4-9,14H2,1-3H3,(H,15,16). The summed E-state index contributed by atoms with van der Waals surface area (Å²) < 4.78 is 0. The third-order valence-corrected chi connectivity index (χ3v) is 3.56. The highest BCUT2D eigenvalue weighted by molar-refractivity contribution is 5.85. The molecule has 1 unspecified atom stereocenters. The van der Waals surface area contributed by atoms with Crippen LogP contribution in [0.4, 0.5) is 0 Å². The summed E-state index contributed by atoms with van der Waals surface area (Å²) in [5, 5.41) is 3.11. The Kier molecular flexibility index (Phi) is 4.78. The minimum absolute atomic E-state index is 0.0232. The summed E-state index contributed by atoms with van der Waals surface area (Å²) in [4.78, 5) is 11.8. The highest BCUT2D eigenvalue weighted by Crippen LogP contribution is 2.27. The summed E-state index contributed by atoms with van der Waals surface area (Å²) in [7, 11) is 0. The van der Waals surface area contributed by atoms with Crippen molar-refractivity contribution in [2.45, 2.75) is 70.9 Å². The molecule has 1 atom stereocenters. The molecule has 16 heavy (non-hydrogen) atoms. The Morgan fingerprint density at radius 2 is 1.94 bits per heavy atom. The molecule has 0 radical (unpaired) electrons. The van der Waals surface area contributed by atoms with Crippen LogP contribution in [-0.4, -0.2) is 17.5 Å². The number of hydrogen-bond donors (Lipinski definition) is 2. The van der Waals surface area contributed by atoms with E-state index < -0.39 is 5.54 Å². The monoisotopic (exact) mass is 226 g/mol. The van der Waals surface area contributed by atoms with Gasteiger partial charge >= 0.3 is 0 Å². The van der Waals surface area contributed by atoms with Crippen molar-refractivity contribution < 1.29 is 4.79 Å². The van der Waals surface area contributed by atoms with Crippen molar-refractivity contribution in [2.24, 2.45) is 11.7 Å². The number of carbonyl (C=O) groups is 1. The maximum absolute atomic E-state index is 11.8. The number of amides is 1. The first kappa shape index (κ1) is 13.5. The zero-order valence-corrected chi connectivity index (χ0v) is 10.9. The van der Waals surface area contributed by atoms with E-state index in [1.807, 2.05) is 0 Å². The van der Waals surface area contributed by atoms with Crippen molar-refractivity contribution in [3.8, 4) is 0 Å². The Morgan fingerprint density at radius 3 is 2.38 bits per heavy atom. The van der Waals surface area contributed by atoms with Gasteiger partial charge in [-0.15, -0.1) is 0 Å². The maximum atomic E-state index is 11.8. The van der Waals surface area contributed by atoms with E-state index in [4.69, 9.17) is 5.73 Å². The fourth-order valence-electron chi connectivity index (χ4n) is 2.44. The van der Waals surface area contributed by atoms with Crippen molar-refractivity contribution >= 4 is 5.91 Å². The van der Waals surface area contributed by atoms with Crippen LogP contribution in [0.25, 0.3) is 0 Å². The fraction of sp³-hybridized carbons (Fsp3) is 0.923. The molecule has 0 aromatic rings. The maximum Gasteiger partial charge on any atom is 0.239 e. The van der Waals surface area contributed by atoms with Crippen molar-refractivity contribution in [3.63, 3.8) is 0 Å². The molecular weight excluding hydrogens is 200 g/mol. The zero-order valence-electron chi connectivity index (χ0n) is 10.9. The third-order valence-electron chi connectivity index (χ3n) is 3.56. The van der Waals surface area contributed by atoms with Gasteiger partial charge in [0.15, 0.2) is 0 Å². The van der Waals surface area contributed by atoms with Gasteiger partial charge in [0.05, 0.1) is 5.54 Å². The lowest BCUT2D eigenvalue weighted by atomic mass is 9.82. The number of nitrogens with one attached hydrogen (secondary N) is 1. The number of rotatable bonds is 4. The quantitative estimate of drug-likeness (QED) is 0.772. The van der Waals surface area contributed by atoms with Gasteiger partial charge in [0, 0.05) is 6.04 Å². The Hall–Kier alpha value is -0.570. The fourth-order valence-corrected chi connectivity index (χ4v) is 2.44. The topological polar surface area (TPSA) is 55.1 Å². The van der Waals surface area contributed by atoms with E-state index in [-0.39, 0.29) is 5.91 Å². The minimum Gasteiger partial charge on any atom is -0.352 e. The molecule has 3 nitrogen and oxygen atoms in total. The Labute approximate surface area is 99.2 Å². The second-order valence-electron chi connectivity index (χ2n) is 5.61. The second-order valence-corrected chi connectivity index (χ2v) is 5.61. The minimum atomic E-state index is -0.762. The second kappa shape index (κ2) is 5.67. The summed E-state index contributed by atoms with van der Waals surface area (Å²) in [6.45, 7) is 5.66. The molecule has 0 heterocycles. The molecule has 1 rings (SSSR count). The van der Waals surface area contributed by atoms with Crippen molar-refractivity contribution in [1.29, 1.82) is 0 Å². The van der Waals surface area contributed by atoms with Gasteiger partial charge in [-0.1, -0.05) is 26.2 Å². The molecule has 0 aromatic carbocycles. The zero-order chi connectivity index (χ0) is 12.2. The van der Waals surface area contributed by atoms with Crippen LogP contribution in [-0.2, 0) is 4.79 Å². The van der Waals surface area contributed by atoms with E-state index in [0.717, 1.165) is 6.42 Å². The largest absolute Gasteiger partial charge is 0.352 e. The van der Waals surface area contributed by atoms with Crippen LogP contribution in [0.1, 0.15) is 59.3 Å². The molecule has 1 aliphatic rings. The summed E-state index contributed by atoms with van der Waals surface area (Å²) in [5.41, 5.74) is 5.04. The number of carbonyl (C=O) groups excluding carboxylic acids is 1. The molecule has 1 aliphatic carbocycles. The molecule has 0 spiro atoms. The predicted octanol–water partition coefficient (Wildman–Crippen LogP) is 2.20. The molecule has 1 fully saturated rings. The van der Waals surface area contributed by atoms with Crippen LogP contribution >= 0.6 is 0 Å². The average molecular weight is 226 g/mol. The molecule has 3 N–H and O–H groups in total. The smallest absolute Gasteiger partial charge is 0.239 e. The van der Waals surface area contributed by atoms with Gasteiger partial charge in [-0.25, -0.2) is 0 Å². The van der Waals surface area contributed by atoms with Gasteiger partial charge in [-0.2, -0.15) is 0 Å². The first-order valence-electron chi connectivity index (χ1n) is 6.55. The lowest BCUT2D eigenvalue weighted by Gasteiger charge is -2.32. The first-order chi connectivity index (χ1) is 7.45. The lowest BCUT2D eigenvalue weighted by Crippen LogP contribution is -2.53. The molecule has 3 heteroatoms. The van der Waals surface area contributed by atoms with Crippen molar-refractivity contribution in [3.05, 3.63) is 0 Å². The highest BCUT2D eigenvalue weighted by atomic mass is 16.2. The van der Waals surface area contributed by atoms with Crippen LogP contribution in [0, 0.1) is 5.92 Å². The van der Waals surface area contributed by atoms with E-state index in [0.29, 0.717) is 12.0 Å². The Bertz CT molecular complexity index is 227. The summed E-state index contributed by atoms with van der Waals surface area (Å²) >= 11 is 0. The molecule has 0 aromatic heterocycles. The molecular formula is C13H26N2O.